The van der Waals surface area contributed by atoms with Crippen LogP contribution < -0.4 is 5.32 Å². The molecule has 0 heterocycles. The molecular formula is C12H17NO. The molecule has 2 aliphatic rings. The predicted octanol–water partition coefficient (Wildman–Crippen LogP) is 1.89. The molecular weight excluding hydrogens is 174 g/mol. The minimum Gasteiger partial charge on any atom is -0.352 e. The number of carbonyl (C=O) groups excluding carboxylic acids is 1. The third-order valence-electron chi connectivity index (χ3n) is 3.05. The Labute approximate surface area is 85.1 Å². The maximum Gasteiger partial charge on any atom is 0.222 e. The molecule has 0 aromatic rings. The summed E-state index contributed by atoms with van der Waals surface area (Å²) in [6.07, 6.45) is 9.67. The third-order valence-corrected chi connectivity index (χ3v) is 3.05. The van der Waals surface area contributed by atoms with Gasteiger partial charge in [-0.2, -0.15) is 0 Å². The van der Waals surface area contributed by atoms with Crippen LogP contribution in [-0.2, 0) is 4.79 Å². The average molecular weight is 191 g/mol. The van der Waals surface area contributed by atoms with Crippen molar-refractivity contribution in [2.45, 2.75) is 26.3 Å². The van der Waals surface area contributed by atoms with Crippen LogP contribution in [0.2, 0.25) is 0 Å². The van der Waals surface area contributed by atoms with Crippen LogP contribution in [0.1, 0.15) is 20.3 Å². The fraction of sp³-hybridized carbons (Fsp3) is 0.583. The van der Waals surface area contributed by atoms with Gasteiger partial charge in [0.25, 0.3) is 0 Å². The van der Waals surface area contributed by atoms with Crippen molar-refractivity contribution in [3.8, 4) is 0 Å². The van der Waals surface area contributed by atoms with E-state index in [0.29, 0.717) is 17.9 Å². The van der Waals surface area contributed by atoms with E-state index in [2.05, 4.69) is 29.6 Å². The number of carbonyl (C=O) groups is 1. The summed E-state index contributed by atoms with van der Waals surface area (Å²) in [5, 5.41) is 3.10. The zero-order chi connectivity index (χ0) is 10.1. The number of hydrogen-bond donors (Lipinski definition) is 1. The molecule has 0 aromatic heterocycles. The highest BCUT2D eigenvalue weighted by molar-refractivity contribution is 5.78. The number of amides is 1. The summed E-state index contributed by atoms with van der Waals surface area (Å²) >= 11 is 0. The quantitative estimate of drug-likeness (QED) is 0.709. The average Bonchev–Trinajstić information content (AvgIpc) is 2.82. The monoisotopic (exact) mass is 191 g/mol. The van der Waals surface area contributed by atoms with E-state index in [1.54, 1.807) is 0 Å². The molecule has 0 bridgehead atoms. The first kappa shape index (κ1) is 9.50. The van der Waals surface area contributed by atoms with Crippen LogP contribution in [0.3, 0.4) is 0 Å². The fourth-order valence-electron chi connectivity index (χ4n) is 2.01. The lowest BCUT2D eigenvalue weighted by Crippen LogP contribution is -2.31. The van der Waals surface area contributed by atoms with E-state index >= 15 is 0 Å². The highest BCUT2D eigenvalue weighted by Crippen LogP contribution is 2.44. The van der Waals surface area contributed by atoms with Gasteiger partial charge < -0.3 is 5.32 Å². The van der Waals surface area contributed by atoms with Crippen molar-refractivity contribution < 1.29 is 4.79 Å². The van der Waals surface area contributed by atoms with Crippen molar-refractivity contribution >= 4 is 5.91 Å². The first-order chi connectivity index (χ1) is 6.70. The Morgan fingerprint density at radius 1 is 1.43 bits per heavy atom. The predicted molar refractivity (Wildman–Crippen MR) is 56.6 cm³/mol. The van der Waals surface area contributed by atoms with Gasteiger partial charge in [-0.3, -0.25) is 4.79 Å². The summed E-state index contributed by atoms with van der Waals surface area (Å²) in [7, 11) is 0. The molecule has 0 aliphatic heterocycles. The van der Waals surface area contributed by atoms with Crippen LogP contribution in [0.5, 0.6) is 0 Å². The van der Waals surface area contributed by atoms with Gasteiger partial charge in [0.05, 0.1) is 0 Å². The second-order valence-corrected chi connectivity index (χ2v) is 4.48. The van der Waals surface area contributed by atoms with Gasteiger partial charge in [-0.25, -0.2) is 0 Å². The van der Waals surface area contributed by atoms with E-state index < -0.39 is 0 Å². The van der Waals surface area contributed by atoms with E-state index in [-0.39, 0.29) is 11.8 Å². The van der Waals surface area contributed by atoms with Crippen LogP contribution >= 0.6 is 0 Å². The lowest BCUT2D eigenvalue weighted by Gasteiger charge is -2.06. The molecule has 3 unspecified atom stereocenters. The van der Waals surface area contributed by atoms with E-state index in [1.165, 1.54) is 0 Å². The lowest BCUT2D eigenvalue weighted by atomic mass is 10.2. The molecule has 0 aromatic carbocycles. The van der Waals surface area contributed by atoms with Gasteiger partial charge >= 0.3 is 0 Å². The van der Waals surface area contributed by atoms with Gasteiger partial charge in [-0.1, -0.05) is 38.2 Å². The van der Waals surface area contributed by atoms with Crippen molar-refractivity contribution in [3.63, 3.8) is 0 Å². The van der Waals surface area contributed by atoms with Crippen molar-refractivity contribution in [2.24, 2.45) is 17.8 Å². The van der Waals surface area contributed by atoms with Crippen LogP contribution in [0.25, 0.3) is 0 Å². The Kier molecular flexibility index (Phi) is 2.44. The van der Waals surface area contributed by atoms with Gasteiger partial charge in [0.1, 0.15) is 0 Å². The smallest absolute Gasteiger partial charge is 0.222 e. The Bertz CT molecular complexity index is 291. The van der Waals surface area contributed by atoms with E-state index in [4.69, 9.17) is 0 Å². The van der Waals surface area contributed by atoms with Gasteiger partial charge in [-0.15, -0.1) is 0 Å². The number of hydrogen-bond acceptors (Lipinski definition) is 1. The number of fused-ring (bicyclic) bond motifs is 1. The second kappa shape index (κ2) is 3.60. The Balaban J connectivity index is 1.89. The van der Waals surface area contributed by atoms with E-state index in [0.717, 1.165) is 6.42 Å². The molecule has 76 valence electrons. The SMILES string of the molecule is CC(C)C(=O)NC1C2C=CC=CCC21. The third kappa shape index (κ3) is 1.74. The molecule has 0 radical (unpaired) electrons. The zero-order valence-electron chi connectivity index (χ0n) is 8.73. The van der Waals surface area contributed by atoms with Crippen molar-refractivity contribution in [2.75, 3.05) is 0 Å². The molecule has 2 nitrogen and oxygen atoms in total. The highest BCUT2D eigenvalue weighted by Gasteiger charge is 2.48. The molecule has 1 saturated carbocycles. The molecule has 0 saturated heterocycles. The van der Waals surface area contributed by atoms with Gasteiger partial charge in [0, 0.05) is 17.9 Å². The first-order valence-electron chi connectivity index (χ1n) is 5.34. The first-order valence-corrected chi connectivity index (χ1v) is 5.34. The lowest BCUT2D eigenvalue weighted by molar-refractivity contribution is -0.124. The van der Waals surface area contributed by atoms with Crippen LogP contribution in [-0.4, -0.2) is 11.9 Å². The molecule has 1 N–H and O–H groups in total. The molecule has 1 amide bonds. The fourth-order valence-corrected chi connectivity index (χ4v) is 2.01. The Hall–Kier alpha value is -1.05. The maximum atomic E-state index is 11.5. The number of allylic oxidation sites excluding steroid dienone is 3. The Morgan fingerprint density at radius 2 is 2.21 bits per heavy atom. The summed E-state index contributed by atoms with van der Waals surface area (Å²) in [5.41, 5.74) is 0. The van der Waals surface area contributed by atoms with Crippen LogP contribution in [0.15, 0.2) is 24.3 Å². The molecule has 2 aliphatic carbocycles. The maximum absolute atomic E-state index is 11.5. The zero-order valence-corrected chi connectivity index (χ0v) is 8.73. The standard InChI is InChI=1S/C12H17NO/c1-8(2)12(14)13-11-9-6-4-3-5-7-10(9)11/h3-6,8-11H,7H2,1-2H3,(H,13,14). The second-order valence-electron chi connectivity index (χ2n) is 4.48. The Morgan fingerprint density at radius 3 is 2.93 bits per heavy atom. The summed E-state index contributed by atoms with van der Waals surface area (Å²) < 4.78 is 0. The van der Waals surface area contributed by atoms with E-state index in [1.807, 2.05) is 13.8 Å². The topological polar surface area (TPSA) is 29.1 Å². The summed E-state index contributed by atoms with van der Waals surface area (Å²) in [6.45, 7) is 3.87. The minimum atomic E-state index is 0.0966. The minimum absolute atomic E-state index is 0.0966. The van der Waals surface area contributed by atoms with Gasteiger partial charge in [0.2, 0.25) is 5.91 Å². The summed E-state index contributed by atoms with van der Waals surface area (Å²) in [4.78, 5) is 11.5. The molecule has 0 spiro atoms. The van der Waals surface area contributed by atoms with Crippen molar-refractivity contribution in [1.82, 2.24) is 5.32 Å². The molecule has 14 heavy (non-hydrogen) atoms. The highest BCUT2D eigenvalue weighted by atomic mass is 16.1. The molecule has 2 heteroatoms. The van der Waals surface area contributed by atoms with Crippen LogP contribution in [0.4, 0.5) is 0 Å². The van der Waals surface area contributed by atoms with Crippen molar-refractivity contribution in [3.05, 3.63) is 24.3 Å². The molecule has 3 atom stereocenters. The van der Waals surface area contributed by atoms with Crippen LogP contribution in [0, 0.1) is 17.8 Å². The number of rotatable bonds is 2. The van der Waals surface area contributed by atoms with Gasteiger partial charge in [0.15, 0.2) is 0 Å². The molecule has 2 rings (SSSR count). The van der Waals surface area contributed by atoms with Crippen molar-refractivity contribution in [1.29, 1.82) is 0 Å². The number of nitrogens with one attached hydrogen (secondary N) is 1. The molecule has 1 fully saturated rings. The summed E-state index contributed by atoms with van der Waals surface area (Å²) in [6, 6.07) is 0.395. The summed E-state index contributed by atoms with van der Waals surface area (Å²) in [5.74, 6) is 1.50. The largest absolute Gasteiger partial charge is 0.352 e. The van der Waals surface area contributed by atoms with E-state index in [9.17, 15) is 4.79 Å². The van der Waals surface area contributed by atoms with Gasteiger partial charge in [-0.05, 0) is 12.3 Å². The normalized spacial score (nSPS) is 33.8.